The van der Waals surface area contributed by atoms with Crippen LogP contribution in [0, 0.1) is 6.92 Å². The van der Waals surface area contributed by atoms with Crippen LogP contribution in [0.25, 0.3) is 0 Å². The summed E-state index contributed by atoms with van der Waals surface area (Å²) in [5, 5.41) is 3.34. The zero-order valence-corrected chi connectivity index (χ0v) is 10.9. The second-order valence-corrected chi connectivity index (χ2v) is 5.00. The maximum absolute atomic E-state index is 12.4. The number of hydrogen-bond acceptors (Lipinski definition) is 3. The predicted octanol–water partition coefficient (Wildman–Crippen LogP) is 3.20. The fraction of sp³-hybridized carbons (Fsp3) is 0.250. The molecule has 1 N–H and O–H groups in total. The number of ketones is 1. The van der Waals surface area contributed by atoms with Gasteiger partial charge in [-0.25, -0.2) is 4.98 Å². The molecular formula is C16H16N2O. The van der Waals surface area contributed by atoms with Crippen molar-refractivity contribution in [3.63, 3.8) is 0 Å². The van der Waals surface area contributed by atoms with Gasteiger partial charge < -0.3 is 5.32 Å². The Morgan fingerprint density at radius 3 is 2.63 bits per heavy atom. The maximum atomic E-state index is 12.4. The highest BCUT2D eigenvalue weighted by Crippen LogP contribution is 2.24. The summed E-state index contributed by atoms with van der Waals surface area (Å²) in [4.78, 5) is 16.7. The highest BCUT2D eigenvalue weighted by Gasteiger charge is 2.21. The molecule has 3 nitrogen and oxygen atoms in total. The lowest BCUT2D eigenvalue weighted by Crippen LogP contribution is -2.08. The lowest BCUT2D eigenvalue weighted by atomic mass is 10.0. The van der Waals surface area contributed by atoms with Crippen LogP contribution in [0.4, 0.5) is 5.82 Å². The van der Waals surface area contributed by atoms with Crippen LogP contribution in [0.2, 0.25) is 0 Å². The Bertz CT molecular complexity index is 603. The lowest BCUT2D eigenvalue weighted by Gasteiger charge is -2.08. The lowest BCUT2D eigenvalue weighted by molar-refractivity contribution is 0.103. The Labute approximate surface area is 112 Å². The van der Waals surface area contributed by atoms with Gasteiger partial charge in [0.05, 0.1) is 0 Å². The standard InChI is InChI=1S/C16H16N2O/c1-11-9-15(18-13-7-8-13)17-10-14(11)16(19)12-5-3-2-4-6-12/h2-6,9-10,13H,7-8H2,1H3,(H,17,18). The van der Waals surface area contributed by atoms with Gasteiger partial charge in [-0.2, -0.15) is 0 Å². The number of hydrogen-bond donors (Lipinski definition) is 1. The summed E-state index contributed by atoms with van der Waals surface area (Å²) in [6.45, 7) is 1.95. The summed E-state index contributed by atoms with van der Waals surface area (Å²) >= 11 is 0. The van der Waals surface area contributed by atoms with E-state index >= 15 is 0 Å². The van der Waals surface area contributed by atoms with Crippen molar-refractivity contribution in [1.29, 1.82) is 0 Å². The van der Waals surface area contributed by atoms with E-state index in [9.17, 15) is 4.79 Å². The van der Waals surface area contributed by atoms with E-state index in [4.69, 9.17) is 0 Å². The Balaban J connectivity index is 1.86. The van der Waals surface area contributed by atoms with Crippen LogP contribution >= 0.6 is 0 Å². The molecule has 1 aliphatic rings. The summed E-state index contributed by atoms with van der Waals surface area (Å²) in [6, 6.07) is 11.8. The van der Waals surface area contributed by atoms with E-state index < -0.39 is 0 Å². The van der Waals surface area contributed by atoms with E-state index in [2.05, 4.69) is 10.3 Å². The zero-order valence-electron chi connectivity index (χ0n) is 10.9. The van der Waals surface area contributed by atoms with E-state index in [1.807, 2.05) is 43.3 Å². The monoisotopic (exact) mass is 252 g/mol. The fourth-order valence-electron chi connectivity index (χ4n) is 2.05. The summed E-state index contributed by atoms with van der Waals surface area (Å²) in [7, 11) is 0. The Morgan fingerprint density at radius 2 is 2.00 bits per heavy atom. The van der Waals surface area contributed by atoms with Crippen LogP contribution < -0.4 is 5.32 Å². The number of anilines is 1. The summed E-state index contributed by atoms with van der Waals surface area (Å²) in [6.07, 6.45) is 4.10. The van der Waals surface area contributed by atoms with Gasteiger partial charge in [0.25, 0.3) is 0 Å². The number of benzene rings is 1. The molecule has 3 heteroatoms. The molecule has 0 amide bonds. The quantitative estimate of drug-likeness (QED) is 0.850. The van der Waals surface area contributed by atoms with Gasteiger partial charge in [0.1, 0.15) is 5.82 Å². The molecule has 0 aliphatic heterocycles. The first-order valence-electron chi connectivity index (χ1n) is 6.57. The molecule has 1 fully saturated rings. The van der Waals surface area contributed by atoms with Crippen LogP contribution in [-0.2, 0) is 0 Å². The number of aryl methyl sites for hydroxylation is 1. The summed E-state index contributed by atoms with van der Waals surface area (Å²) in [5.74, 6) is 0.896. The zero-order chi connectivity index (χ0) is 13.2. The largest absolute Gasteiger partial charge is 0.367 e. The minimum atomic E-state index is 0.0311. The molecule has 0 spiro atoms. The van der Waals surface area contributed by atoms with Crippen LogP contribution in [0.15, 0.2) is 42.6 Å². The number of carbonyl (C=O) groups is 1. The fourth-order valence-corrected chi connectivity index (χ4v) is 2.05. The number of rotatable bonds is 4. The molecule has 0 unspecified atom stereocenters. The van der Waals surface area contributed by atoms with E-state index in [1.165, 1.54) is 12.8 Å². The number of carbonyl (C=O) groups excluding carboxylic acids is 1. The van der Waals surface area contributed by atoms with Gasteiger partial charge in [0, 0.05) is 23.4 Å². The molecule has 3 rings (SSSR count). The number of pyridine rings is 1. The minimum absolute atomic E-state index is 0.0311. The number of aromatic nitrogens is 1. The number of nitrogens with one attached hydrogen (secondary N) is 1. The van der Waals surface area contributed by atoms with Gasteiger partial charge in [-0.1, -0.05) is 30.3 Å². The van der Waals surface area contributed by atoms with Gasteiger partial charge in [-0.3, -0.25) is 4.79 Å². The third-order valence-electron chi connectivity index (χ3n) is 3.32. The molecule has 0 saturated heterocycles. The minimum Gasteiger partial charge on any atom is -0.367 e. The highest BCUT2D eigenvalue weighted by molar-refractivity contribution is 6.09. The molecule has 96 valence electrons. The molecule has 1 aliphatic carbocycles. The Hall–Kier alpha value is -2.16. The van der Waals surface area contributed by atoms with E-state index in [0.29, 0.717) is 17.2 Å². The Morgan fingerprint density at radius 1 is 1.26 bits per heavy atom. The molecule has 1 aromatic heterocycles. The van der Waals surface area contributed by atoms with Gasteiger partial charge in [0.2, 0.25) is 0 Å². The topological polar surface area (TPSA) is 42.0 Å². The number of nitrogens with zero attached hydrogens (tertiary/aromatic N) is 1. The predicted molar refractivity (Wildman–Crippen MR) is 75.5 cm³/mol. The van der Waals surface area contributed by atoms with E-state index in [-0.39, 0.29) is 5.78 Å². The van der Waals surface area contributed by atoms with E-state index in [1.54, 1.807) is 6.20 Å². The molecule has 1 aromatic carbocycles. The van der Waals surface area contributed by atoms with Gasteiger partial charge in [0.15, 0.2) is 5.78 Å². The average Bonchev–Trinajstić information content (AvgIpc) is 3.23. The van der Waals surface area contributed by atoms with Crippen molar-refractivity contribution in [2.75, 3.05) is 5.32 Å². The molecule has 2 aromatic rings. The summed E-state index contributed by atoms with van der Waals surface area (Å²) < 4.78 is 0. The molecule has 19 heavy (non-hydrogen) atoms. The van der Waals surface area contributed by atoms with Crippen LogP contribution in [0.5, 0.6) is 0 Å². The first-order valence-corrected chi connectivity index (χ1v) is 6.57. The SMILES string of the molecule is Cc1cc(NC2CC2)ncc1C(=O)c1ccccc1. The highest BCUT2D eigenvalue weighted by atomic mass is 16.1. The van der Waals surface area contributed by atoms with Gasteiger partial charge in [-0.15, -0.1) is 0 Å². The van der Waals surface area contributed by atoms with Gasteiger partial charge >= 0.3 is 0 Å². The third kappa shape index (κ3) is 2.65. The van der Waals surface area contributed by atoms with Crippen molar-refractivity contribution < 1.29 is 4.79 Å². The normalized spacial score (nSPS) is 14.2. The van der Waals surface area contributed by atoms with Crippen LogP contribution in [0.1, 0.15) is 34.3 Å². The smallest absolute Gasteiger partial charge is 0.194 e. The molecule has 0 atom stereocenters. The van der Waals surface area contributed by atoms with Crippen LogP contribution in [0.3, 0.4) is 0 Å². The molecular weight excluding hydrogens is 236 g/mol. The van der Waals surface area contributed by atoms with E-state index in [0.717, 1.165) is 11.4 Å². The average molecular weight is 252 g/mol. The van der Waals surface area contributed by atoms with Crippen molar-refractivity contribution in [2.45, 2.75) is 25.8 Å². The van der Waals surface area contributed by atoms with Crippen molar-refractivity contribution in [1.82, 2.24) is 4.98 Å². The first-order chi connectivity index (χ1) is 9.24. The third-order valence-corrected chi connectivity index (χ3v) is 3.32. The van der Waals surface area contributed by atoms with Crippen LogP contribution in [-0.4, -0.2) is 16.8 Å². The first kappa shape index (κ1) is 11.9. The second-order valence-electron chi connectivity index (χ2n) is 5.00. The summed E-state index contributed by atoms with van der Waals surface area (Å²) in [5.41, 5.74) is 2.34. The van der Waals surface area contributed by atoms with Crippen molar-refractivity contribution >= 4 is 11.6 Å². The maximum Gasteiger partial charge on any atom is 0.194 e. The molecule has 0 radical (unpaired) electrons. The Kier molecular flexibility index (Phi) is 3.03. The second kappa shape index (κ2) is 4.84. The van der Waals surface area contributed by atoms with Crippen molar-refractivity contribution in [3.05, 3.63) is 59.3 Å². The van der Waals surface area contributed by atoms with Crippen molar-refractivity contribution in [2.24, 2.45) is 0 Å². The molecule has 1 saturated carbocycles. The van der Waals surface area contributed by atoms with Crippen molar-refractivity contribution in [3.8, 4) is 0 Å². The molecule has 1 heterocycles. The van der Waals surface area contributed by atoms with Gasteiger partial charge in [-0.05, 0) is 31.4 Å². The molecule has 0 bridgehead atoms.